The van der Waals surface area contributed by atoms with Crippen molar-refractivity contribution in [2.75, 3.05) is 5.73 Å². The average Bonchev–Trinajstić information content (AvgIpc) is 3.66. The predicted molar refractivity (Wildman–Crippen MR) is 167 cm³/mol. The Kier molecular flexibility index (Phi) is 7.27. The average molecular weight is 587 g/mol. The van der Waals surface area contributed by atoms with Gasteiger partial charge in [0.25, 0.3) is 11.5 Å². The highest BCUT2D eigenvalue weighted by atomic mass is 32.1. The number of fused-ring (bicyclic) bond motifs is 1. The maximum atomic E-state index is 14.3. The number of nitrogens with one attached hydrogen (secondary N) is 1. The van der Waals surface area contributed by atoms with Gasteiger partial charge in [0.05, 0.1) is 40.6 Å². The molecular formula is C32H26N8O2S. The lowest BCUT2D eigenvalue weighted by molar-refractivity contribution is 0.0934. The van der Waals surface area contributed by atoms with Gasteiger partial charge in [0, 0.05) is 29.4 Å². The summed E-state index contributed by atoms with van der Waals surface area (Å²) in [4.78, 5) is 40.5. The molecule has 0 fully saturated rings. The van der Waals surface area contributed by atoms with Crippen LogP contribution in [0, 0.1) is 18.8 Å². The van der Waals surface area contributed by atoms with Crippen molar-refractivity contribution >= 4 is 33.8 Å². The van der Waals surface area contributed by atoms with Crippen molar-refractivity contribution in [1.82, 2.24) is 34.6 Å². The van der Waals surface area contributed by atoms with Crippen LogP contribution < -0.4 is 16.6 Å². The fourth-order valence-electron chi connectivity index (χ4n) is 4.77. The van der Waals surface area contributed by atoms with Crippen LogP contribution in [0.3, 0.4) is 0 Å². The van der Waals surface area contributed by atoms with Crippen molar-refractivity contribution in [3.63, 3.8) is 0 Å². The minimum Gasteiger partial charge on any atom is -0.382 e. The summed E-state index contributed by atoms with van der Waals surface area (Å²) in [5.74, 6) is 5.82. The third-order valence-corrected chi connectivity index (χ3v) is 7.75. The Morgan fingerprint density at radius 3 is 2.53 bits per heavy atom. The number of benzene rings is 2. The first-order chi connectivity index (χ1) is 20.8. The lowest BCUT2D eigenvalue weighted by Gasteiger charge is -2.21. The number of para-hydroxylation sites is 1. The van der Waals surface area contributed by atoms with Crippen LogP contribution in [0.15, 0.2) is 82.7 Å². The summed E-state index contributed by atoms with van der Waals surface area (Å²) in [7, 11) is 1.86. The van der Waals surface area contributed by atoms with Crippen LogP contribution in [0.2, 0.25) is 0 Å². The normalized spacial score (nSPS) is 11.6. The molecule has 0 aliphatic heterocycles. The topological polar surface area (TPSA) is 134 Å². The summed E-state index contributed by atoms with van der Waals surface area (Å²) < 4.78 is 3.36. The molecular weight excluding hydrogens is 560 g/mol. The molecule has 1 atom stereocenters. The molecule has 2 aromatic carbocycles. The van der Waals surface area contributed by atoms with Gasteiger partial charge in [0.15, 0.2) is 11.5 Å². The Morgan fingerprint density at radius 2 is 1.81 bits per heavy atom. The van der Waals surface area contributed by atoms with Gasteiger partial charge in [-0.3, -0.25) is 18.8 Å². The van der Waals surface area contributed by atoms with Crippen molar-refractivity contribution in [3.05, 3.63) is 116 Å². The van der Waals surface area contributed by atoms with Gasteiger partial charge in [-0.25, -0.2) is 15.0 Å². The Bertz CT molecular complexity index is 2110. The van der Waals surface area contributed by atoms with Crippen LogP contribution in [0.5, 0.6) is 0 Å². The second-order valence-corrected chi connectivity index (χ2v) is 10.6. The highest BCUT2D eigenvalue weighted by Gasteiger charge is 2.22. The smallest absolute Gasteiger partial charge is 0.274 e. The van der Waals surface area contributed by atoms with Crippen LogP contribution in [0.25, 0.3) is 27.8 Å². The van der Waals surface area contributed by atoms with E-state index >= 15 is 0 Å². The van der Waals surface area contributed by atoms with E-state index in [1.807, 2.05) is 73.9 Å². The number of aryl methyl sites for hydroxylation is 1. The molecule has 0 radical (unpaired) electrons. The first-order valence-corrected chi connectivity index (χ1v) is 14.3. The molecule has 6 aromatic rings. The number of nitrogens with two attached hydrogens (primary N) is 1. The van der Waals surface area contributed by atoms with Gasteiger partial charge < -0.3 is 11.1 Å². The van der Waals surface area contributed by atoms with Gasteiger partial charge in [0.1, 0.15) is 11.4 Å². The number of nitrogens with zero attached hydrogens (tertiary/aromatic N) is 6. The minimum atomic E-state index is -0.610. The molecule has 0 bridgehead atoms. The second-order valence-electron chi connectivity index (χ2n) is 9.89. The van der Waals surface area contributed by atoms with Gasteiger partial charge in [-0.2, -0.15) is 5.10 Å². The molecule has 10 nitrogen and oxygen atoms in total. The molecule has 0 unspecified atom stereocenters. The number of hydrogen-bond acceptors (Lipinski definition) is 8. The Labute approximate surface area is 250 Å². The van der Waals surface area contributed by atoms with Crippen molar-refractivity contribution in [1.29, 1.82) is 0 Å². The predicted octanol–water partition coefficient (Wildman–Crippen LogP) is 4.42. The number of nitrogen functional groups attached to an aromatic ring is 1. The van der Waals surface area contributed by atoms with Crippen LogP contribution in [0.1, 0.15) is 46.0 Å². The number of thiazole rings is 1. The highest BCUT2D eigenvalue weighted by molar-refractivity contribution is 7.07. The van der Waals surface area contributed by atoms with E-state index in [0.717, 1.165) is 11.3 Å². The van der Waals surface area contributed by atoms with Crippen LogP contribution in [-0.4, -0.2) is 35.2 Å². The lowest BCUT2D eigenvalue weighted by Crippen LogP contribution is -2.33. The molecule has 0 aliphatic carbocycles. The third kappa shape index (κ3) is 5.27. The summed E-state index contributed by atoms with van der Waals surface area (Å²) >= 11 is 1.41. The molecule has 0 saturated carbocycles. The number of carbonyl (C=O) groups is 1. The van der Waals surface area contributed by atoms with Crippen molar-refractivity contribution in [3.8, 4) is 28.9 Å². The summed E-state index contributed by atoms with van der Waals surface area (Å²) in [5.41, 5.74) is 12.0. The van der Waals surface area contributed by atoms with E-state index in [0.29, 0.717) is 39.1 Å². The van der Waals surface area contributed by atoms with E-state index in [9.17, 15) is 9.59 Å². The quantitative estimate of drug-likeness (QED) is 0.286. The lowest BCUT2D eigenvalue weighted by atomic mass is 10.0. The van der Waals surface area contributed by atoms with E-state index in [-0.39, 0.29) is 17.1 Å². The summed E-state index contributed by atoms with van der Waals surface area (Å²) in [6.45, 7) is 3.75. The zero-order valence-corrected chi connectivity index (χ0v) is 24.4. The largest absolute Gasteiger partial charge is 0.382 e. The zero-order valence-electron chi connectivity index (χ0n) is 23.6. The standard InChI is InChI=1S/C32H26N8O2S/c1-19(37-31(41)29-30(33)34-16-25(38-29)26-17-43-18-35-26)27-14-22-9-7-8-21(12-13-23-15-36-39(3)20(23)2)28(22)32(42)40(27)24-10-5-4-6-11-24/h4-11,14-19H,1-3H3,(H2,33,34)(H,37,41)/t19-/m0/s1. The van der Waals surface area contributed by atoms with Gasteiger partial charge in [0.2, 0.25) is 0 Å². The molecule has 6 rings (SSSR count). The monoisotopic (exact) mass is 586 g/mol. The Morgan fingerprint density at radius 1 is 1.02 bits per heavy atom. The van der Waals surface area contributed by atoms with E-state index in [1.165, 1.54) is 17.5 Å². The SMILES string of the molecule is Cc1c(C#Cc2cccc3cc([C@H](C)NC(=O)c4nc(-c5cscn5)cnc4N)n(-c4ccccc4)c(=O)c23)cnn1C. The van der Waals surface area contributed by atoms with Gasteiger partial charge in [-0.1, -0.05) is 42.2 Å². The molecule has 1 amide bonds. The minimum absolute atomic E-state index is 0.00490. The second kappa shape index (κ2) is 11.3. The van der Waals surface area contributed by atoms with Crippen molar-refractivity contribution in [2.24, 2.45) is 7.05 Å². The van der Waals surface area contributed by atoms with E-state index in [2.05, 4.69) is 37.2 Å². The summed E-state index contributed by atoms with van der Waals surface area (Å²) in [6, 6.07) is 16.1. The molecule has 4 aromatic heterocycles. The highest BCUT2D eigenvalue weighted by Crippen LogP contribution is 2.24. The number of amides is 1. The van der Waals surface area contributed by atoms with Crippen molar-refractivity contribution in [2.45, 2.75) is 19.9 Å². The first kappa shape index (κ1) is 27.6. The van der Waals surface area contributed by atoms with Crippen LogP contribution in [-0.2, 0) is 7.05 Å². The number of rotatable bonds is 5. The molecule has 0 aliphatic rings. The fourth-order valence-corrected chi connectivity index (χ4v) is 5.32. The number of carbonyl (C=O) groups excluding carboxylic acids is 1. The van der Waals surface area contributed by atoms with E-state index < -0.39 is 11.9 Å². The van der Waals surface area contributed by atoms with E-state index in [4.69, 9.17) is 5.73 Å². The Balaban J connectivity index is 1.44. The molecule has 0 spiro atoms. The van der Waals surface area contributed by atoms with Gasteiger partial charge in [-0.05, 0) is 43.5 Å². The van der Waals surface area contributed by atoms with Gasteiger partial charge >= 0.3 is 0 Å². The van der Waals surface area contributed by atoms with Gasteiger partial charge in [-0.15, -0.1) is 11.3 Å². The summed E-state index contributed by atoms with van der Waals surface area (Å²) in [6.07, 6.45) is 3.19. The van der Waals surface area contributed by atoms with Crippen LogP contribution >= 0.6 is 11.3 Å². The number of hydrogen-bond donors (Lipinski definition) is 2. The molecule has 0 saturated heterocycles. The maximum absolute atomic E-state index is 14.3. The maximum Gasteiger partial charge on any atom is 0.274 e. The fraction of sp³-hybridized carbons (Fsp3) is 0.125. The molecule has 43 heavy (non-hydrogen) atoms. The first-order valence-electron chi connectivity index (χ1n) is 13.4. The zero-order chi connectivity index (χ0) is 30.1. The van der Waals surface area contributed by atoms with Crippen LogP contribution in [0.4, 0.5) is 5.82 Å². The Hall–Kier alpha value is -5.60. The molecule has 11 heteroatoms. The molecule has 212 valence electrons. The summed E-state index contributed by atoms with van der Waals surface area (Å²) in [5, 5.41) is 10.2. The number of anilines is 1. The number of aromatic nitrogens is 6. The van der Waals surface area contributed by atoms with E-state index in [1.54, 1.807) is 27.9 Å². The van der Waals surface area contributed by atoms with Crippen molar-refractivity contribution < 1.29 is 4.79 Å². The molecule has 3 N–H and O–H groups in total. The third-order valence-electron chi connectivity index (χ3n) is 7.16. The molecule has 4 heterocycles. The number of pyridine rings is 1.